The van der Waals surface area contributed by atoms with E-state index < -0.39 is 34.4 Å². The predicted molar refractivity (Wildman–Crippen MR) is 121 cm³/mol. The molecule has 4 rings (SSSR count). The minimum absolute atomic E-state index is 0.0787. The average Bonchev–Trinajstić information content (AvgIpc) is 3.17. The van der Waals surface area contributed by atoms with Crippen LogP contribution in [0.1, 0.15) is 16.2 Å². The molecule has 13 nitrogen and oxygen atoms in total. The van der Waals surface area contributed by atoms with Crippen molar-refractivity contribution in [2.75, 3.05) is 11.9 Å². The number of rotatable bonds is 6. The van der Waals surface area contributed by atoms with Gasteiger partial charge < -0.3 is 20.6 Å². The number of hydrogen-bond donors (Lipinski definition) is 4. The first-order valence-electron chi connectivity index (χ1n) is 9.88. The van der Waals surface area contributed by atoms with Crippen molar-refractivity contribution in [1.82, 2.24) is 25.1 Å². The third kappa shape index (κ3) is 4.43. The van der Waals surface area contributed by atoms with Gasteiger partial charge in [0.1, 0.15) is 5.69 Å². The van der Waals surface area contributed by atoms with Crippen LogP contribution in [0.15, 0.2) is 58.1 Å². The lowest BCUT2D eigenvalue weighted by Gasteiger charge is -2.11. The van der Waals surface area contributed by atoms with Gasteiger partial charge >= 0.3 is 5.69 Å². The normalized spacial score (nSPS) is 10.7. The number of fused-ring (bicyclic) bond motifs is 1. The molecule has 0 aliphatic carbocycles. The van der Waals surface area contributed by atoms with E-state index in [4.69, 9.17) is 0 Å². The molecule has 172 valence electrons. The van der Waals surface area contributed by atoms with Crippen LogP contribution in [0.3, 0.4) is 0 Å². The van der Waals surface area contributed by atoms with Gasteiger partial charge in [0.25, 0.3) is 11.6 Å². The van der Waals surface area contributed by atoms with Crippen molar-refractivity contribution in [3.05, 3.63) is 90.7 Å². The predicted octanol–water partition coefficient (Wildman–Crippen LogP) is 0.987. The fourth-order valence-corrected chi connectivity index (χ4v) is 3.31. The Balaban J connectivity index is 1.51. The molecule has 0 saturated carbocycles. The van der Waals surface area contributed by atoms with Crippen molar-refractivity contribution >= 4 is 34.2 Å². The molecule has 0 unspecified atom stereocenters. The van der Waals surface area contributed by atoms with Crippen molar-refractivity contribution < 1.29 is 14.5 Å². The number of amides is 2. The number of aryl methyl sites for hydroxylation is 1. The summed E-state index contributed by atoms with van der Waals surface area (Å²) in [6.45, 7) is 1.05. The first-order valence-corrected chi connectivity index (χ1v) is 9.88. The third-order valence-electron chi connectivity index (χ3n) is 4.84. The topological polar surface area (TPSA) is 185 Å². The van der Waals surface area contributed by atoms with Crippen LogP contribution in [-0.2, 0) is 4.79 Å². The van der Waals surface area contributed by atoms with Crippen LogP contribution in [0.2, 0.25) is 0 Å². The maximum absolute atomic E-state index is 12.6. The lowest BCUT2D eigenvalue weighted by Crippen LogP contribution is -2.37. The molecule has 2 amide bonds. The molecular weight excluding hydrogens is 446 g/mol. The Morgan fingerprint density at radius 2 is 1.82 bits per heavy atom. The molecule has 0 radical (unpaired) electrons. The van der Waals surface area contributed by atoms with E-state index in [1.807, 2.05) is 0 Å². The molecule has 0 aliphatic heterocycles. The summed E-state index contributed by atoms with van der Waals surface area (Å²) in [7, 11) is 0. The maximum atomic E-state index is 12.6. The van der Waals surface area contributed by atoms with Crippen LogP contribution < -0.4 is 21.8 Å². The number of H-pyrrole nitrogens is 2. The minimum Gasteiger partial charge on any atom is -0.341 e. The number of aromatic nitrogens is 4. The summed E-state index contributed by atoms with van der Waals surface area (Å²) in [5.74, 6) is -1.50. The summed E-state index contributed by atoms with van der Waals surface area (Å²) in [5, 5.41) is 20.2. The Morgan fingerprint density at radius 3 is 2.59 bits per heavy atom. The molecule has 13 heteroatoms. The zero-order valence-electron chi connectivity index (χ0n) is 17.6. The summed E-state index contributed by atoms with van der Waals surface area (Å²) in [6, 6.07) is 11.6. The van der Waals surface area contributed by atoms with Gasteiger partial charge in [0.2, 0.25) is 11.3 Å². The Morgan fingerprint density at radius 1 is 1.09 bits per heavy atom. The molecule has 0 bridgehead atoms. The number of hydrogen-bond acceptors (Lipinski definition) is 7. The van der Waals surface area contributed by atoms with E-state index in [0.29, 0.717) is 16.7 Å². The van der Waals surface area contributed by atoms with E-state index in [-0.39, 0.29) is 22.8 Å². The van der Waals surface area contributed by atoms with Gasteiger partial charge in [-0.2, -0.15) is 5.10 Å². The lowest BCUT2D eigenvalue weighted by atomic mass is 10.2. The smallest absolute Gasteiger partial charge is 0.323 e. The largest absolute Gasteiger partial charge is 0.341 e. The summed E-state index contributed by atoms with van der Waals surface area (Å²) >= 11 is 0. The van der Waals surface area contributed by atoms with Gasteiger partial charge in [-0.15, -0.1) is 0 Å². The van der Waals surface area contributed by atoms with Crippen LogP contribution in [0.5, 0.6) is 0 Å². The molecule has 2 heterocycles. The van der Waals surface area contributed by atoms with E-state index in [9.17, 15) is 29.3 Å². The Bertz CT molecular complexity index is 1570. The highest BCUT2D eigenvalue weighted by atomic mass is 16.6. The van der Waals surface area contributed by atoms with E-state index in [0.717, 1.165) is 10.7 Å². The zero-order valence-corrected chi connectivity index (χ0v) is 17.6. The van der Waals surface area contributed by atoms with Gasteiger partial charge in [0.05, 0.1) is 22.5 Å². The van der Waals surface area contributed by atoms with Crippen molar-refractivity contribution in [2.24, 2.45) is 0 Å². The van der Waals surface area contributed by atoms with Crippen LogP contribution >= 0.6 is 0 Å². The molecule has 2 aromatic carbocycles. The molecule has 0 saturated heterocycles. The Hall–Kier alpha value is -5.07. The quantitative estimate of drug-likeness (QED) is 0.242. The van der Waals surface area contributed by atoms with E-state index in [1.54, 1.807) is 24.3 Å². The zero-order chi connectivity index (χ0) is 24.4. The minimum atomic E-state index is -0.919. The van der Waals surface area contributed by atoms with E-state index in [1.165, 1.54) is 25.1 Å². The van der Waals surface area contributed by atoms with Crippen molar-refractivity contribution in [3.8, 4) is 5.69 Å². The fourth-order valence-electron chi connectivity index (χ4n) is 3.31. The average molecular weight is 463 g/mol. The molecular formula is C21H17N7O6. The summed E-state index contributed by atoms with van der Waals surface area (Å²) < 4.78 is 1.13. The summed E-state index contributed by atoms with van der Waals surface area (Å²) in [4.78, 5) is 64.4. The van der Waals surface area contributed by atoms with Crippen molar-refractivity contribution in [1.29, 1.82) is 0 Å². The SMILES string of the molecule is Cc1cc(=O)c(C(=O)NCC(=O)Nc2ccc3[nH]c(=O)[nH]c3c2)nn1-c1ccccc1[N+](=O)[O-]. The molecule has 0 aliphatic rings. The first-order chi connectivity index (χ1) is 16.2. The number of para-hydroxylation sites is 2. The highest BCUT2D eigenvalue weighted by Crippen LogP contribution is 2.22. The molecule has 2 aromatic heterocycles. The van der Waals surface area contributed by atoms with E-state index >= 15 is 0 Å². The molecule has 0 atom stereocenters. The number of anilines is 1. The number of nitro groups is 1. The van der Waals surface area contributed by atoms with Crippen molar-refractivity contribution in [3.63, 3.8) is 0 Å². The number of carbonyl (C=O) groups is 2. The van der Waals surface area contributed by atoms with Gasteiger partial charge in [0.15, 0.2) is 5.69 Å². The number of aromatic amines is 2. The van der Waals surface area contributed by atoms with Gasteiger partial charge in [-0.1, -0.05) is 12.1 Å². The van der Waals surface area contributed by atoms with Crippen LogP contribution in [0, 0.1) is 17.0 Å². The van der Waals surface area contributed by atoms with E-state index in [2.05, 4.69) is 25.7 Å². The fraction of sp³-hybridized carbons (Fsp3) is 0.0952. The Labute approximate surface area is 189 Å². The lowest BCUT2D eigenvalue weighted by molar-refractivity contribution is -0.384. The van der Waals surface area contributed by atoms with Gasteiger partial charge in [-0.25, -0.2) is 9.48 Å². The van der Waals surface area contributed by atoms with Gasteiger partial charge in [0, 0.05) is 23.5 Å². The van der Waals surface area contributed by atoms with Gasteiger partial charge in [-0.3, -0.25) is 24.5 Å². The Kier molecular flexibility index (Phi) is 5.74. The molecule has 0 fully saturated rings. The number of nitrogens with zero attached hydrogens (tertiary/aromatic N) is 3. The number of benzene rings is 2. The van der Waals surface area contributed by atoms with Gasteiger partial charge in [-0.05, 0) is 31.2 Å². The second kappa shape index (κ2) is 8.82. The van der Waals surface area contributed by atoms with Crippen molar-refractivity contribution in [2.45, 2.75) is 6.92 Å². The third-order valence-corrected chi connectivity index (χ3v) is 4.84. The number of imidazole rings is 1. The second-order valence-electron chi connectivity index (χ2n) is 7.23. The first kappa shape index (κ1) is 22.1. The highest BCUT2D eigenvalue weighted by Gasteiger charge is 2.20. The number of carbonyl (C=O) groups excluding carboxylic acids is 2. The summed E-state index contributed by atoms with van der Waals surface area (Å²) in [6.07, 6.45) is 0. The van der Waals surface area contributed by atoms with Crippen LogP contribution in [0.4, 0.5) is 11.4 Å². The molecule has 0 spiro atoms. The number of nitro benzene ring substituents is 1. The highest BCUT2D eigenvalue weighted by molar-refractivity contribution is 5.99. The van der Waals surface area contributed by atoms with Crippen LogP contribution in [0.25, 0.3) is 16.7 Å². The molecule has 4 N–H and O–H groups in total. The second-order valence-corrected chi connectivity index (χ2v) is 7.23. The van der Waals surface area contributed by atoms with Crippen LogP contribution in [-0.4, -0.2) is 43.0 Å². The molecule has 34 heavy (non-hydrogen) atoms. The molecule has 4 aromatic rings. The maximum Gasteiger partial charge on any atom is 0.323 e. The standard InChI is InChI=1S/C21H17N7O6/c1-11-8-17(29)19(26-27(11)15-4-2-3-5-16(15)28(33)34)20(31)22-10-18(30)23-12-6-7-13-14(9-12)25-21(32)24-13/h2-9H,10H2,1H3,(H,22,31)(H,23,30)(H2,24,25,32). The summed E-state index contributed by atoms with van der Waals surface area (Å²) in [5.41, 5.74) is -0.0649. The monoisotopic (exact) mass is 463 g/mol. The number of nitrogens with one attached hydrogen (secondary N) is 4.